The van der Waals surface area contributed by atoms with Crippen molar-refractivity contribution in [2.75, 3.05) is 0 Å². The number of hydrogen-bond donors (Lipinski definition) is 1. The minimum absolute atomic E-state index is 0.0285. The van der Waals surface area contributed by atoms with Crippen LogP contribution < -0.4 is 5.32 Å². The van der Waals surface area contributed by atoms with Crippen LogP contribution in [0, 0.1) is 11.6 Å². The molecule has 0 aliphatic rings. The third kappa shape index (κ3) is 3.55. The van der Waals surface area contributed by atoms with E-state index in [1.54, 1.807) is 6.07 Å². The topological polar surface area (TPSA) is 29.1 Å². The fourth-order valence-electron chi connectivity index (χ4n) is 1.62. The third-order valence-corrected chi connectivity index (χ3v) is 3.71. The predicted molar refractivity (Wildman–Crippen MR) is 76.7 cm³/mol. The summed E-state index contributed by atoms with van der Waals surface area (Å²) in [6.45, 7) is 0.130. The first-order valence-corrected chi connectivity index (χ1v) is 6.81. The minimum atomic E-state index is -0.514. The maximum Gasteiger partial charge on any atom is 0.253 e. The van der Waals surface area contributed by atoms with Crippen LogP contribution in [-0.2, 0) is 6.54 Å². The lowest BCUT2D eigenvalue weighted by atomic mass is 10.2. The van der Waals surface area contributed by atoms with Gasteiger partial charge in [-0.2, -0.15) is 0 Å². The largest absolute Gasteiger partial charge is 0.348 e. The van der Waals surface area contributed by atoms with E-state index in [1.165, 1.54) is 18.2 Å². The summed E-state index contributed by atoms with van der Waals surface area (Å²) in [5.74, 6) is -1.36. The molecule has 1 N–H and O–H groups in total. The van der Waals surface area contributed by atoms with Crippen molar-refractivity contribution in [2.24, 2.45) is 0 Å². The lowest BCUT2D eigenvalue weighted by Crippen LogP contribution is -2.23. The molecule has 104 valence electrons. The molecule has 2 aromatic rings. The number of nitrogens with one attached hydrogen (secondary N) is 1. The zero-order valence-corrected chi connectivity index (χ0v) is 12.4. The second kappa shape index (κ2) is 6.33. The molecule has 0 bridgehead atoms. The lowest BCUT2D eigenvalue weighted by molar-refractivity contribution is 0.0951. The van der Waals surface area contributed by atoms with Gasteiger partial charge in [0.05, 0.1) is 10.6 Å². The summed E-state index contributed by atoms with van der Waals surface area (Å²) < 4.78 is 26.7. The van der Waals surface area contributed by atoms with Gasteiger partial charge in [-0.1, -0.05) is 27.5 Å². The highest BCUT2D eigenvalue weighted by Crippen LogP contribution is 2.19. The van der Waals surface area contributed by atoms with E-state index >= 15 is 0 Å². The van der Waals surface area contributed by atoms with Gasteiger partial charge in [-0.3, -0.25) is 4.79 Å². The molecule has 0 aliphatic heterocycles. The van der Waals surface area contributed by atoms with Gasteiger partial charge in [0.1, 0.15) is 11.6 Å². The van der Waals surface area contributed by atoms with E-state index in [1.807, 2.05) is 0 Å². The van der Waals surface area contributed by atoms with Crippen molar-refractivity contribution in [1.29, 1.82) is 0 Å². The first-order valence-electron chi connectivity index (χ1n) is 5.64. The van der Waals surface area contributed by atoms with Gasteiger partial charge in [-0.15, -0.1) is 0 Å². The Kier molecular flexibility index (Phi) is 4.73. The first kappa shape index (κ1) is 14.9. The molecule has 0 radical (unpaired) electrons. The monoisotopic (exact) mass is 359 g/mol. The van der Waals surface area contributed by atoms with Gasteiger partial charge in [0.15, 0.2) is 0 Å². The molecule has 2 nitrogen and oxygen atoms in total. The van der Waals surface area contributed by atoms with Crippen LogP contribution in [0.4, 0.5) is 8.78 Å². The van der Waals surface area contributed by atoms with Crippen molar-refractivity contribution < 1.29 is 13.6 Å². The Bertz CT molecular complexity index is 664. The maximum atomic E-state index is 13.1. The summed E-state index contributed by atoms with van der Waals surface area (Å²) in [6.07, 6.45) is 0. The molecule has 0 saturated heterocycles. The number of rotatable bonds is 3. The van der Waals surface area contributed by atoms with Gasteiger partial charge in [0, 0.05) is 11.0 Å². The number of hydrogen-bond acceptors (Lipinski definition) is 1. The number of carbonyl (C=O) groups excluding carboxylic acids is 1. The number of halogens is 4. The molecule has 0 atom stereocenters. The Morgan fingerprint density at radius 2 is 1.80 bits per heavy atom. The molecule has 0 heterocycles. The Hall–Kier alpha value is -1.46. The van der Waals surface area contributed by atoms with Crippen LogP contribution in [0.2, 0.25) is 5.02 Å². The second-order valence-electron chi connectivity index (χ2n) is 4.04. The molecule has 0 saturated carbocycles. The van der Waals surface area contributed by atoms with E-state index in [4.69, 9.17) is 11.6 Å². The van der Waals surface area contributed by atoms with E-state index in [-0.39, 0.29) is 17.1 Å². The summed E-state index contributed by atoms with van der Waals surface area (Å²) in [6, 6.07) is 7.70. The summed E-state index contributed by atoms with van der Waals surface area (Å²) in [5.41, 5.74) is 0.761. The van der Waals surface area contributed by atoms with Crippen molar-refractivity contribution >= 4 is 33.4 Å². The molecule has 0 spiro atoms. The standard InChI is InChI=1S/C14H9BrClF2NO/c15-12-4-2-9(17)5-8(12)7-19-14(20)11-3-1-10(18)6-13(11)16/h1-6H,7H2,(H,19,20). The van der Waals surface area contributed by atoms with E-state index in [2.05, 4.69) is 21.2 Å². The molecule has 2 aromatic carbocycles. The Morgan fingerprint density at radius 3 is 2.50 bits per heavy atom. The third-order valence-electron chi connectivity index (χ3n) is 2.62. The molecule has 20 heavy (non-hydrogen) atoms. The molecule has 0 aliphatic carbocycles. The molecular formula is C14H9BrClF2NO. The van der Waals surface area contributed by atoms with Crippen molar-refractivity contribution in [1.82, 2.24) is 5.32 Å². The summed E-state index contributed by atoms with van der Waals surface area (Å²) in [4.78, 5) is 11.9. The van der Waals surface area contributed by atoms with Crippen molar-refractivity contribution in [2.45, 2.75) is 6.54 Å². The summed E-state index contributed by atoms with van der Waals surface area (Å²) in [7, 11) is 0. The second-order valence-corrected chi connectivity index (χ2v) is 5.30. The fraction of sp³-hybridized carbons (Fsp3) is 0.0714. The van der Waals surface area contributed by atoms with Crippen LogP contribution in [0.5, 0.6) is 0 Å². The molecule has 1 amide bonds. The van der Waals surface area contributed by atoms with E-state index in [9.17, 15) is 13.6 Å². The first-order chi connectivity index (χ1) is 9.47. The van der Waals surface area contributed by atoms with Crippen LogP contribution in [-0.4, -0.2) is 5.91 Å². The van der Waals surface area contributed by atoms with E-state index in [0.29, 0.717) is 10.0 Å². The number of carbonyl (C=O) groups is 1. The lowest BCUT2D eigenvalue weighted by Gasteiger charge is -2.08. The summed E-state index contributed by atoms with van der Waals surface area (Å²) in [5, 5.41) is 2.63. The zero-order chi connectivity index (χ0) is 14.7. The molecule has 0 fully saturated rings. The maximum absolute atomic E-state index is 13.1. The van der Waals surface area contributed by atoms with Gasteiger partial charge in [-0.25, -0.2) is 8.78 Å². The van der Waals surface area contributed by atoms with Crippen LogP contribution in [0.25, 0.3) is 0 Å². The van der Waals surface area contributed by atoms with Gasteiger partial charge in [0.2, 0.25) is 0 Å². The predicted octanol–water partition coefficient (Wildman–Crippen LogP) is 4.31. The van der Waals surface area contributed by atoms with Crippen molar-refractivity contribution in [3.63, 3.8) is 0 Å². The highest BCUT2D eigenvalue weighted by molar-refractivity contribution is 9.10. The van der Waals surface area contributed by atoms with Crippen molar-refractivity contribution in [3.8, 4) is 0 Å². The highest BCUT2D eigenvalue weighted by atomic mass is 79.9. The fourth-order valence-corrected chi connectivity index (χ4v) is 2.26. The van der Waals surface area contributed by atoms with Crippen molar-refractivity contribution in [3.05, 3.63) is 68.7 Å². The Morgan fingerprint density at radius 1 is 1.15 bits per heavy atom. The number of amides is 1. The summed E-state index contributed by atoms with van der Waals surface area (Å²) >= 11 is 9.06. The highest BCUT2D eigenvalue weighted by Gasteiger charge is 2.11. The molecule has 6 heteroatoms. The molecule has 2 rings (SSSR count). The number of benzene rings is 2. The van der Waals surface area contributed by atoms with Crippen LogP contribution in [0.15, 0.2) is 40.9 Å². The van der Waals surface area contributed by atoms with Gasteiger partial charge < -0.3 is 5.32 Å². The Labute approximate surface area is 127 Å². The average Bonchev–Trinajstić information content (AvgIpc) is 2.39. The quantitative estimate of drug-likeness (QED) is 0.868. The molecule has 0 unspecified atom stereocenters. The van der Waals surface area contributed by atoms with Crippen LogP contribution >= 0.6 is 27.5 Å². The minimum Gasteiger partial charge on any atom is -0.348 e. The van der Waals surface area contributed by atoms with E-state index in [0.717, 1.165) is 12.1 Å². The molecule has 0 aromatic heterocycles. The van der Waals surface area contributed by atoms with Crippen LogP contribution in [0.1, 0.15) is 15.9 Å². The smallest absolute Gasteiger partial charge is 0.253 e. The van der Waals surface area contributed by atoms with Gasteiger partial charge >= 0.3 is 0 Å². The normalized spacial score (nSPS) is 10.4. The SMILES string of the molecule is O=C(NCc1cc(F)ccc1Br)c1ccc(F)cc1Cl. The zero-order valence-electron chi connectivity index (χ0n) is 10.1. The average molecular weight is 361 g/mol. The van der Waals surface area contributed by atoms with Crippen LogP contribution in [0.3, 0.4) is 0 Å². The van der Waals surface area contributed by atoms with E-state index < -0.39 is 17.5 Å². The van der Waals surface area contributed by atoms with Gasteiger partial charge in [-0.05, 0) is 42.0 Å². The molecular weight excluding hydrogens is 352 g/mol. The Balaban J connectivity index is 2.10. The van der Waals surface area contributed by atoms with Gasteiger partial charge in [0.25, 0.3) is 5.91 Å².